The van der Waals surface area contributed by atoms with Crippen molar-refractivity contribution < 1.29 is 13.2 Å². The second-order valence-corrected chi connectivity index (χ2v) is 9.64. The SMILES string of the molecule is Cc1cc(NC(=O)c2ccc(NS(=O)(=O)C(C)C)cc2)c(C)c2c1CCC2. The van der Waals surface area contributed by atoms with Crippen molar-refractivity contribution in [3.8, 4) is 0 Å². The fraction of sp³-hybridized carbons (Fsp3) is 0.381. The van der Waals surface area contributed by atoms with Crippen LogP contribution in [0.3, 0.4) is 0 Å². The first-order chi connectivity index (χ1) is 12.7. The van der Waals surface area contributed by atoms with Gasteiger partial charge in [-0.05, 0) is 99.5 Å². The highest BCUT2D eigenvalue weighted by Gasteiger charge is 2.19. The van der Waals surface area contributed by atoms with Gasteiger partial charge in [-0.1, -0.05) is 0 Å². The number of carbonyl (C=O) groups excluding carboxylic acids is 1. The summed E-state index contributed by atoms with van der Waals surface area (Å²) < 4.78 is 26.4. The van der Waals surface area contributed by atoms with Crippen molar-refractivity contribution in [2.75, 3.05) is 10.0 Å². The number of benzene rings is 2. The Morgan fingerprint density at radius 1 is 1.04 bits per heavy atom. The van der Waals surface area contributed by atoms with Crippen LogP contribution in [-0.4, -0.2) is 19.6 Å². The van der Waals surface area contributed by atoms with Crippen LogP contribution >= 0.6 is 0 Å². The second-order valence-electron chi connectivity index (χ2n) is 7.40. The first kappa shape index (κ1) is 19.4. The van der Waals surface area contributed by atoms with Crippen LogP contribution in [0.25, 0.3) is 0 Å². The molecule has 6 heteroatoms. The standard InChI is InChI=1S/C21H26N2O3S/c1-13(2)27(25,26)23-17-10-8-16(9-11-17)21(24)22-20-12-14(3)18-6-5-7-19(18)15(20)4/h8-13,23H,5-7H2,1-4H3,(H,22,24). The molecule has 1 aliphatic carbocycles. The number of nitrogens with one attached hydrogen (secondary N) is 2. The maximum Gasteiger partial charge on any atom is 0.255 e. The van der Waals surface area contributed by atoms with Crippen molar-refractivity contribution in [3.05, 3.63) is 58.1 Å². The summed E-state index contributed by atoms with van der Waals surface area (Å²) in [6.07, 6.45) is 3.35. The highest BCUT2D eigenvalue weighted by Crippen LogP contribution is 2.33. The molecular formula is C21H26N2O3S. The molecule has 2 aromatic rings. The Hall–Kier alpha value is -2.34. The van der Waals surface area contributed by atoms with Crippen molar-refractivity contribution in [1.82, 2.24) is 0 Å². The minimum atomic E-state index is -3.40. The molecule has 0 saturated heterocycles. The van der Waals surface area contributed by atoms with Crippen molar-refractivity contribution >= 4 is 27.3 Å². The zero-order valence-electron chi connectivity index (χ0n) is 16.2. The summed E-state index contributed by atoms with van der Waals surface area (Å²) in [7, 11) is -3.40. The number of hydrogen-bond donors (Lipinski definition) is 2. The molecule has 144 valence electrons. The summed E-state index contributed by atoms with van der Waals surface area (Å²) in [4.78, 5) is 12.6. The molecule has 27 heavy (non-hydrogen) atoms. The van der Waals surface area contributed by atoms with E-state index in [1.54, 1.807) is 38.1 Å². The number of anilines is 2. The molecule has 0 spiro atoms. The zero-order valence-corrected chi connectivity index (χ0v) is 17.0. The number of rotatable bonds is 5. The Labute approximate surface area is 161 Å². The molecule has 2 aromatic carbocycles. The van der Waals surface area contributed by atoms with Gasteiger partial charge < -0.3 is 5.32 Å². The van der Waals surface area contributed by atoms with E-state index in [2.05, 4.69) is 23.9 Å². The molecule has 0 radical (unpaired) electrons. The van der Waals surface area contributed by atoms with Gasteiger partial charge in [-0.2, -0.15) is 0 Å². The van der Waals surface area contributed by atoms with Gasteiger partial charge in [0.15, 0.2) is 0 Å². The van der Waals surface area contributed by atoms with Gasteiger partial charge >= 0.3 is 0 Å². The quantitative estimate of drug-likeness (QED) is 0.809. The maximum absolute atomic E-state index is 12.6. The average molecular weight is 387 g/mol. The minimum absolute atomic E-state index is 0.200. The summed E-state index contributed by atoms with van der Waals surface area (Å²) in [5.74, 6) is -0.200. The number of fused-ring (bicyclic) bond motifs is 1. The van der Waals surface area contributed by atoms with E-state index in [-0.39, 0.29) is 5.91 Å². The van der Waals surface area contributed by atoms with Crippen LogP contribution in [0, 0.1) is 13.8 Å². The predicted octanol–water partition coefficient (Wildman–Crippen LogP) is 4.19. The predicted molar refractivity (Wildman–Crippen MR) is 110 cm³/mol. The lowest BCUT2D eigenvalue weighted by Crippen LogP contribution is -2.22. The van der Waals surface area contributed by atoms with E-state index in [4.69, 9.17) is 0 Å². The van der Waals surface area contributed by atoms with Gasteiger partial charge in [-0.3, -0.25) is 9.52 Å². The van der Waals surface area contributed by atoms with E-state index < -0.39 is 15.3 Å². The van der Waals surface area contributed by atoms with E-state index in [0.29, 0.717) is 11.3 Å². The third-order valence-corrected chi connectivity index (χ3v) is 6.95. The molecule has 2 N–H and O–H groups in total. The van der Waals surface area contributed by atoms with E-state index in [9.17, 15) is 13.2 Å². The molecule has 0 heterocycles. The van der Waals surface area contributed by atoms with Crippen LogP contribution in [0.1, 0.15) is 52.9 Å². The molecular weight excluding hydrogens is 360 g/mol. The Morgan fingerprint density at radius 3 is 2.30 bits per heavy atom. The largest absolute Gasteiger partial charge is 0.322 e. The van der Waals surface area contributed by atoms with Crippen molar-refractivity contribution in [2.45, 2.75) is 52.2 Å². The molecule has 0 bridgehead atoms. The molecule has 5 nitrogen and oxygen atoms in total. The van der Waals surface area contributed by atoms with Gasteiger partial charge in [-0.15, -0.1) is 0 Å². The summed E-state index contributed by atoms with van der Waals surface area (Å²) >= 11 is 0. The summed E-state index contributed by atoms with van der Waals surface area (Å²) in [6, 6.07) is 8.51. The third-order valence-electron chi connectivity index (χ3n) is 5.19. The lowest BCUT2D eigenvalue weighted by Gasteiger charge is -2.15. The summed E-state index contributed by atoms with van der Waals surface area (Å²) in [5.41, 5.74) is 6.94. The van der Waals surface area contributed by atoms with Gasteiger partial charge in [0.05, 0.1) is 5.25 Å². The van der Waals surface area contributed by atoms with E-state index in [1.807, 2.05) is 6.07 Å². The van der Waals surface area contributed by atoms with Crippen LogP contribution in [0.15, 0.2) is 30.3 Å². The van der Waals surface area contributed by atoms with E-state index >= 15 is 0 Å². The number of sulfonamides is 1. The Bertz CT molecular complexity index is 977. The first-order valence-corrected chi connectivity index (χ1v) is 10.8. The maximum atomic E-state index is 12.6. The van der Waals surface area contributed by atoms with Crippen LogP contribution in [0.2, 0.25) is 0 Å². The van der Waals surface area contributed by atoms with E-state index in [1.165, 1.54) is 23.1 Å². The number of hydrogen-bond acceptors (Lipinski definition) is 3. The molecule has 0 aromatic heterocycles. The molecule has 0 unspecified atom stereocenters. The van der Waals surface area contributed by atoms with Crippen LogP contribution < -0.4 is 10.0 Å². The highest BCUT2D eigenvalue weighted by atomic mass is 32.2. The van der Waals surface area contributed by atoms with Crippen LogP contribution in [0.4, 0.5) is 11.4 Å². The molecule has 3 rings (SSSR count). The molecule has 0 saturated carbocycles. The first-order valence-electron chi connectivity index (χ1n) is 9.24. The lowest BCUT2D eigenvalue weighted by atomic mass is 9.97. The van der Waals surface area contributed by atoms with Crippen molar-refractivity contribution in [1.29, 1.82) is 0 Å². The normalized spacial score (nSPS) is 13.5. The Kier molecular flexibility index (Phi) is 5.29. The smallest absolute Gasteiger partial charge is 0.255 e. The summed E-state index contributed by atoms with van der Waals surface area (Å²) in [5, 5.41) is 2.48. The molecule has 1 amide bonds. The zero-order chi connectivity index (χ0) is 19.8. The second kappa shape index (κ2) is 7.35. The Morgan fingerprint density at radius 2 is 1.67 bits per heavy atom. The Balaban J connectivity index is 1.77. The van der Waals surface area contributed by atoms with Gasteiger partial charge in [-0.25, -0.2) is 8.42 Å². The number of amides is 1. The fourth-order valence-corrected chi connectivity index (χ4v) is 4.16. The van der Waals surface area contributed by atoms with Crippen LogP contribution in [-0.2, 0) is 22.9 Å². The van der Waals surface area contributed by atoms with Gasteiger partial charge in [0, 0.05) is 16.9 Å². The molecule has 0 fully saturated rings. The minimum Gasteiger partial charge on any atom is -0.322 e. The van der Waals surface area contributed by atoms with Crippen molar-refractivity contribution in [3.63, 3.8) is 0 Å². The van der Waals surface area contributed by atoms with Gasteiger partial charge in [0.1, 0.15) is 0 Å². The highest BCUT2D eigenvalue weighted by molar-refractivity contribution is 7.93. The fourth-order valence-electron chi connectivity index (χ4n) is 3.46. The molecule has 1 aliphatic rings. The number of aryl methyl sites for hydroxylation is 1. The van der Waals surface area contributed by atoms with Crippen LogP contribution in [0.5, 0.6) is 0 Å². The van der Waals surface area contributed by atoms with Gasteiger partial charge in [0.25, 0.3) is 5.91 Å². The third kappa shape index (κ3) is 4.00. The average Bonchev–Trinajstić information content (AvgIpc) is 3.10. The van der Waals surface area contributed by atoms with Gasteiger partial charge in [0.2, 0.25) is 10.0 Å². The summed E-state index contributed by atoms with van der Waals surface area (Å²) in [6.45, 7) is 7.38. The number of carbonyl (C=O) groups is 1. The van der Waals surface area contributed by atoms with Crippen molar-refractivity contribution in [2.24, 2.45) is 0 Å². The monoisotopic (exact) mass is 386 g/mol. The topological polar surface area (TPSA) is 75.3 Å². The lowest BCUT2D eigenvalue weighted by molar-refractivity contribution is 0.102. The van der Waals surface area contributed by atoms with E-state index in [0.717, 1.165) is 24.1 Å². The molecule has 0 aliphatic heterocycles. The molecule has 0 atom stereocenters.